The number of benzene rings is 5. The van der Waals surface area contributed by atoms with Crippen LogP contribution in [0.2, 0.25) is 0 Å². The van der Waals surface area contributed by atoms with Gasteiger partial charge in [0.25, 0.3) is 11.8 Å². The molecule has 0 radical (unpaired) electrons. The molecule has 0 spiro atoms. The molecule has 2 aliphatic rings. The van der Waals surface area contributed by atoms with E-state index in [1.165, 1.54) is 51.6 Å². The van der Waals surface area contributed by atoms with E-state index in [0.717, 1.165) is 27.8 Å². The molecule has 5 aromatic carbocycles. The Hall–Kier alpha value is -7.38. The number of tetrazole rings is 1. The van der Waals surface area contributed by atoms with Gasteiger partial charge in [0, 0.05) is 11.1 Å². The van der Waals surface area contributed by atoms with Crippen molar-refractivity contribution in [2.75, 3.05) is 24.8 Å². The summed E-state index contributed by atoms with van der Waals surface area (Å²) in [6.45, 7) is 0.0471. The molecule has 2 aliphatic heterocycles. The number of amides is 2. The van der Waals surface area contributed by atoms with Gasteiger partial charge >= 0.3 is 5.97 Å². The van der Waals surface area contributed by atoms with E-state index in [2.05, 4.69) is 67.7 Å². The first-order valence-corrected chi connectivity index (χ1v) is 24.2. The number of aromatic nitrogens is 5. The highest BCUT2D eigenvalue weighted by molar-refractivity contribution is 8.02. The van der Waals surface area contributed by atoms with Gasteiger partial charge < -0.3 is 25.3 Å². The molecule has 7 aromatic rings. The first-order chi connectivity index (χ1) is 33.4. The van der Waals surface area contributed by atoms with Gasteiger partial charge in [-0.2, -0.15) is 0 Å². The van der Waals surface area contributed by atoms with Crippen molar-refractivity contribution in [1.82, 2.24) is 35.4 Å². The Labute approximate surface area is 404 Å². The van der Waals surface area contributed by atoms with Gasteiger partial charge in [0.1, 0.15) is 35.5 Å². The number of hydrogen-bond acceptors (Lipinski definition) is 15. The van der Waals surface area contributed by atoms with Crippen LogP contribution in [0.3, 0.4) is 0 Å². The molecule has 3 N–H and O–H groups in total. The molecule has 15 nitrogen and oxygen atoms in total. The van der Waals surface area contributed by atoms with E-state index in [1.807, 2.05) is 115 Å². The number of nitrogens with one attached hydrogen (secondary N) is 2. The van der Waals surface area contributed by atoms with Crippen LogP contribution in [-0.2, 0) is 36.0 Å². The number of carbonyl (C=O) groups is 3. The van der Waals surface area contributed by atoms with Crippen LogP contribution in [0.5, 0.6) is 0 Å². The van der Waals surface area contributed by atoms with Crippen LogP contribution in [0.15, 0.2) is 190 Å². The number of oxime groups is 1. The van der Waals surface area contributed by atoms with Crippen LogP contribution in [0, 0.1) is 0 Å². The third-order valence-corrected chi connectivity index (χ3v) is 14.1. The summed E-state index contributed by atoms with van der Waals surface area (Å²) < 4.78 is 7.78. The first-order valence-electron chi connectivity index (χ1n) is 21.4. The van der Waals surface area contributed by atoms with E-state index in [0.29, 0.717) is 15.9 Å². The van der Waals surface area contributed by atoms with Crippen LogP contribution in [0.25, 0.3) is 0 Å². The molecule has 0 bridgehead atoms. The zero-order valence-corrected chi connectivity index (χ0v) is 38.8. The van der Waals surface area contributed by atoms with E-state index >= 15 is 0 Å². The predicted octanol–water partition coefficient (Wildman–Crippen LogP) is 7.17. The van der Waals surface area contributed by atoms with Gasteiger partial charge in [-0.3, -0.25) is 14.5 Å². The molecular formula is C50H43N9O6S3. The number of hydrogen-bond donors (Lipinski definition) is 3. The van der Waals surface area contributed by atoms with Crippen molar-refractivity contribution in [2.45, 2.75) is 34.8 Å². The quantitative estimate of drug-likeness (QED) is 0.0197. The van der Waals surface area contributed by atoms with E-state index in [-0.39, 0.29) is 36.0 Å². The number of ether oxygens (including phenoxy) is 1. The number of fused-ring (bicyclic) bond motifs is 1. The Balaban J connectivity index is 0.988. The Morgan fingerprint density at radius 1 is 0.882 bits per heavy atom. The van der Waals surface area contributed by atoms with Gasteiger partial charge in [0.2, 0.25) is 5.16 Å². The number of rotatable bonds is 18. The summed E-state index contributed by atoms with van der Waals surface area (Å²) in [4.78, 5) is 54.7. The highest BCUT2D eigenvalue weighted by Crippen LogP contribution is 2.43. The maximum absolute atomic E-state index is 14.6. The summed E-state index contributed by atoms with van der Waals surface area (Å²) in [5.74, 6) is -1.63. The Bertz CT molecular complexity index is 2820. The molecule has 2 atom stereocenters. The molecule has 1 saturated heterocycles. The number of thioether (sulfide) groups is 2. The SMILES string of the molecule is CO/N=C(/C(=O)NC1C(=O)N2C(C(=O)OC(c3ccccc3)c3ccccc3)=C(/C=C/Sc3nnnn3CCO)CSC12)c1csc(NC(c2ccccc2)(c2ccccc2)c2ccccc2)n1. The highest BCUT2D eigenvalue weighted by Gasteiger charge is 2.55. The van der Waals surface area contributed by atoms with Crippen molar-refractivity contribution in [3.63, 3.8) is 0 Å². The van der Waals surface area contributed by atoms with Gasteiger partial charge in [-0.15, -0.1) is 28.2 Å². The highest BCUT2D eigenvalue weighted by atomic mass is 32.2. The minimum Gasteiger partial charge on any atom is -0.448 e. The monoisotopic (exact) mass is 961 g/mol. The number of anilines is 1. The molecule has 2 aromatic heterocycles. The Morgan fingerprint density at radius 3 is 2.01 bits per heavy atom. The van der Waals surface area contributed by atoms with Crippen LogP contribution >= 0.6 is 34.9 Å². The predicted molar refractivity (Wildman–Crippen MR) is 261 cm³/mol. The maximum Gasteiger partial charge on any atom is 0.356 e. The average molecular weight is 962 g/mol. The lowest BCUT2D eigenvalue weighted by molar-refractivity contribution is -0.154. The fraction of sp³-hybridized carbons (Fsp3) is 0.160. The van der Waals surface area contributed by atoms with Gasteiger partial charge in [-0.1, -0.05) is 169 Å². The van der Waals surface area contributed by atoms with Gasteiger partial charge in [0.15, 0.2) is 16.9 Å². The number of aliphatic hydroxyl groups excluding tert-OH is 1. The molecule has 9 rings (SSSR count). The second kappa shape index (κ2) is 21.1. The fourth-order valence-corrected chi connectivity index (χ4v) is 10.8. The van der Waals surface area contributed by atoms with Gasteiger partial charge in [-0.25, -0.2) is 14.5 Å². The normalized spacial score (nSPS) is 16.1. The molecular weight excluding hydrogens is 919 g/mol. The molecule has 68 heavy (non-hydrogen) atoms. The molecule has 4 heterocycles. The van der Waals surface area contributed by atoms with Crippen LogP contribution in [0.1, 0.15) is 39.6 Å². The van der Waals surface area contributed by atoms with Crippen molar-refractivity contribution >= 4 is 63.5 Å². The standard InChI is InChI=1S/C50H43N9O6S3/c1-64-55-40(39-32-68-48(51-39)53-50(36-21-11-4-12-22-36,37-23-13-5-14-24-37)38-25-15-6-16-26-38)44(61)52-41-45(62)59-42(35(31-67-46(41)59)27-30-66-49-54-56-57-58(49)28-29-60)47(63)65-43(33-17-7-2-8-18-33)34-19-9-3-10-20-34/h2-27,30,32,41,43,46,60H,28-29,31H2,1H3,(H,51,53)(H,52,61)/b30-27+,55-40+. The molecule has 0 saturated carbocycles. The topological polar surface area (TPSA) is 186 Å². The third-order valence-electron chi connectivity index (χ3n) is 11.2. The Morgan fingerprint density at radius 2 is 1.46 bits per heavy atom. The maximum atomic E-state index is 14.6. The second-order valence-electron chi connectivity index (χ2n) is 15.3. The third kappa shape index (κ3) is 9.44. The molecule has 2 amide bonds. The second-order valence-corrected chi connectivity index (χ2v) is 18.1. The summed E-state index contributed by atoms with van der Waals surface area (Å²) in [6.07, 6.45) is 0.935. The molecule has 0 aliphatic carbocycles. The summed E-state index contributed by atoms with van der Waals surface area (Å²) in [7, 11) is 1.33. The first kappa shape index (κ1) is 45.8. The lowest BCUT2D eigenvalue weighted by Crippen LogP contribution is -2.71. The zero-order chi connectivity index (χ0) is 46.9. The van der Waals surface area contributed by atoms with Crippen molar-refractivity contribution in [3.8, 4) is 0 Å². The smallest absolute Gasteiger partial charge is 0.356 e. The van der Waals surface area contributed by atoms with E-state index in [9.17, 15) is 19.5 Å². The van der Waals surface area contributed by atoms with Gasteiger partial charge in [0.05, 0.1) is 13.2 Å². The summed E-state index contributed by atoms with van der Waals surface area (Å²) in [5.41, 5.74) is 4.19. The molecule has 1 fully saturated rings. The molecule has 18 heteroatoms. The van der Waals surface area contributed by atoms with Crippen molar-refractivity contribution in [3.05, 3.63) is 213 Å². The molecule has 342 valence electrons. The number of aliphatic hydroxyl groups is 1. The minimum absolute atomic E-state index is 0.0487. The number of nitrogens with zero attached hydrogens (tertiary/aromatic N) is 7. The van der Waals surface area contributed by atoms with Crippen molar-refractivity contribution < 1.29 is 29.1 Å². The summed E-state index contributed by atoms with van der Waals surface area (Å²) in [5, 5.41) is 35.5. The van der Waals surface area contributed by atoms with E-state index < -0.39 is 40.8 Å². The van der Waals surface area contributed by atoms with Crippen molar-refractivity contribution in [1.29, 1.82) is 0 Å². The average Bonchev–Trinajstić information content (AvgIpc) is 4.06. The summed E-state index contributed by atoms with van der Waals surface area (Å²) in [6, 6.07) is 47.9. The number of allylic oxidation sites excluding steroid dienone is 1. The number of carbonyl (C=O) groups excluding carboxylic acids is 3. The Kier molecular flexibility index (Phi) is 14.2. The lowest BCUT2D eigenvalue weighted by Gasteiger charge is -2.49. The largest absolute Gasteiger partial charge is 0.448 e. The van der Waals surface area contributed by atoms with E-state index in [1.54, 1.807) is 16.9 Å². The van der Waals surface area contributed by atoms with Crippen molar-refractivity contribution in [2.24, 2.45) is 5.16 Å². The van der Waals surface area contributed by atoms with Crippen LogP contribution < -0.4 is 10.6 Å². The van der Waals surface area contributed by atoms with Crippen LogP contribution in [-0.4, -0.2) is 89.6 Å². The van der Waals surface area contributed by atoms with Gasteiger partial charge in [-0.05, 0) is 55.3 Å². The lowest BCUT2D eigenvalue weighted by atomic mass is 9.77. The number of esters is 1. The number of thiazole rings is 1. The van der Waals surface area contributed by atoms with E-state index in [4.69, 9.17) is 14.6 Å². The summed E-state index contributed by atoms with van der Waals surface area (Å²) >= 11 is 3.87. The zero-order valence-electron chi connectivity index (χ0n) is 36.4. The molecule has 2 unspecified atom stereocenters. The minimum atomic E-state index is -1.03. The number of β-lactam (4-membered cyclic amide) rings is 1. The fourth-order valence-electron chi connectivity index (χ4n) is 8.09. The van der Waals surface area contributed by atoms with Crippen LogP contribution in [0.4, 0.5) is 5.13 Å².